The number of ether oxygens (including phenoxy) is 1. The zero-order valence-electron chi connectivity index (χ0n) is 18.9. The van der Waals surface area contributed by atoms with E-state index in [1.807, 2.05) is 48.5 Å². The molecule has 33 heavy (non-hydrogen) atoms. The molecule has 10 heteroatoms. The first-order valence-corrected chi connectivity index (χ1v) is 10.2. The number of allylic oxidation sites excluding steroid dienone is 1. The van der Waals surface area contributed by atoms with Gasteiger partial charge in [-0.2, -0.15) is 5.10 Å². The average Bonchev–Trinajstić information content (AvgIpc) is 3.54. The number of amidine groups is 1. The maximum absolute atomic E-state index is 7.55. The number of hydrogen-bond donors (Lipinski definition) is 3. The molecule has 4 aromatic heterocycles. The van der Waals surface area contributed by atoms with Crippen LogP contribution in [0.4, 0.5) is 5.82 Å². The first kappa shape index (κ1) is 21.8. The molecule has 0 aliphatic carbocycles. The van der Waals surface area contributed by atoms with Crippen LogP contribution in [-0.4, -0.2) is 48.5 Å². The minimum absolute atomic E-state index is 0.398. The summed E-state index contributed by atoms with van der Waals surface area (Å²) in [6.45, 7) is 7.80. The summed E-state index contributed by atoms with van der Waals surface area (Å²) < 4.78 is 9.41. The van der Waals surface area contributed by atoms with Gasteiger partial charge in [0.15, 0.2) is 11.7 Å². The van der Waals surface area contributed by atoms with Crippen LogP contribution in [0.5, 0.6) is 5.75 Å². The molecule has 0 fully saturated rings. The first-order chi connectivity index (χ1) is 15.9. The number of methoxy groups -OCH3 is 1. The minimum atomic E-state index is 0.398. The van der Waals surface area contributed by atoms with Gasteiger partial charge >= 0.3 is 0 Å². The van der Waals surface area contributed by atoms with Crippen LogP contribution in [0.1, 0.15) is 17.0 Å². The van der Waals surface area contributed by atoms with Crippen molar-refractivity contribution in [3.05, 3.63) is 72.5 Å². The van der Waals surface area contributed by atoms with Crippen molar-refractivity contribution >= 4 is 17.9 Å². The van der Waals surface area contributed by atoms with Gasteiger partial charge in [0.2, 0.25) is 0 Å². The third-order valence-electron chi connectivity index (χ3n) is 5.17. The van der Waals surface area contributed by atoms with Gasteiger partial charge < -0.3 is 24.6 Å². The van der Waals surface area contributed by atoms with Gasteiger partial charge in [0.05, 0.1) is 42.4 Å². The number of aromatic amines is 1. The summed E-state index contributed by atoms with van der Waals surface area (Å²) in [5.74, 6) is 1.56. The van der Waals surface area contributed by atoms with E-state index in [1.165, 1.54) is 0 Å². The molecule has 0 radical (unpaired) electrons. The molecule has 0 aliphatic rings. The summed E-state index contributed by atoms with van der Waals surface area (Å²) >= 11 is 0. The van der Waals surface area contributed by atoms with E-state index >= 15 is 0 Å². The Labute approximate surface area is 191 Å². The number of nitrogens with zero attached hydrogens (tertiary/aromatic N) is 6. The van der Waals surface area contributed by atoms with Crippen LogP contribution in [0, 0.1) is 19.3 Å². The molecule has 10 nitrogen and oxygen atoms in total. The monoisotopic (exact) mass is 443 g/mol. The largest absolute Gasteiger partial charge is 0.494 e. The topological polar surface area (TPSA) is 122 Å². The van der Waals surface area contributed by atoms with E-state index in [-0.39, 0.29) is 0 Å². The Balaban J connectivity index is 1.81. The van der Waals surface area contributed by atoms with Crippen molar-refractivity contribution in [2.75, 3.05) is 7.11 Å². The van der Waals surface area contributed by atoms with Crippen LogP contribution in [0.2, 0.25) is 0 Å². The Morgan fingerprint density at radius 3 is 2.76 bits per heavy atom. The quantitative estimate of drug-likeness (QED) is 0.298. The number of aryl methyl sites for hydroxylation is 2. The number of imidazole rings is 1. The van der Waals surface area contributed by atoms with Gasteiger partial charge in [-0.1, -0.05) is 6.58 Å². The minimum Gasteiger partial charge on any atom is -0.494 e. The van der Waals surface area contributed by atoms with Gasteiger partial charge in [-0.15, -0.1) is 0 Å². The zero-order chi connectivity index (χ0) is 23.5. The molecular weight excluding hydrogens is 418 g/mol. The van der Waals surface area contributed by atoms with E-state index < -0.39 is 0 Å². The Kier molecular flexibility index (Phi) is 5.90. The van der Waals surface area contributed by atoms with Crippen LogP contribution in [0.25, 0.3) is 16.9 Å². The predicted molar refractivity (Wildman–Crippen MR) is 128 cm³/mol. The lowest BCUT2D eigenvalue weighted by molar-refractivity contribution is 0.412. The molecule has 4 heterocycles. The summed E-state index contributed by atoms with van der Waals surface area (Å²) in [6.07, 6.45) is 10.2. The fraction of sp³-hybridized carbons (Fsp3) is 0.174. The summed E-state index contributed by atoms with van der Waals surface area (Å²) in [5, 5.41) is 17.7. The normalized spacial score (nSPS) is 11.5. The number of nitrogens with one attached hydrogen (secondary N) is 3. The van der Waals surface area contributed by atoms with Crippen LogP contribution in [-0.2, 0) is 7.05 Å². The Morgan fingerprint density at radius 1 is 1.30 bits per heavy atom. The lowest BCUT2D eigenvalue weighted by atomic mass is 10.1. The standard InChI is InChI=1S/C23H25N9O/c1-14(9-24)28-23(22-16(3)17(12-31(22)4)18-6-7-27-30-18)29-21-8-20(33-5)19(10-25-21)32-11-15(2)26-13-32/h6-13,24H,1H2,2-5H3,(H,27,30)(H,25,28,29). The Bertz CT molecular complexity index is 1340. The fourth-order valence-electron chi connectivity index (χ4n) is 3.60. The summed E-state index contributed by atoms with van der Waals surface area (Å²) in [7, 11) is 3.54. The molecule has 0 amide bonds. The molecule has 4 rings (SSSR count). The second-order valence-electron chi connectivity index (χ2n) is 7.49. The molecule has 3 N–H and O–H groups in total. The summed E-state index contributed by atoms with van der Waals surface area (Å²) in [6, 6.07) is 3.67. The highest BCUT2D eigenvalue weighted by Gasteiger charge is 2.19. The lowest BCUT2D eigenvalue weighted by Crippen LogP contribution is -2.26. The molecule has 0 saturated carbocycles. The molecule has 4 aromatic rings. The molecule has 0 aromatic carbocycles. The highest BCUT2D eigenvalue weighted by molar-refractivity contribution is 6.04. The van der Waals surface area contributed by atoms with Gasteiger partial charge in [-0.25, -0.2) is 15.0 Å². The Hall–Kier alpha value is -4.47. The fourth-order valence-corrected chi connectivity index (χ4v) is 3.60. The second-order valence-corrected chi connectivity index (χ2v) is 7.49. The van der Waals surface area contributed by atoms with Gasteiger partial charge in [-0.05, 0) is 25.5 Å². The van der Waals surface area contributed by atoms with Crippen molar-refractivity contribution in [2.24, 2.45) is 12.0 Å². The molecule has 0 unspecified atom stereocenters. The molecule has 0 spiro atoms. The number of H-pyrrole nitrogens is 1. The molecular formula is C23H25N9O. The van der Waals surface area contributed by atoms with Gasteiger partial charge in [0.1, 0.15) is 11.4 Å². The van der Waals surface area contributed by atoms with Crippen LogP contribution >= 0.6 is 0 Å². The smallest absolute Gasteiger partial charge is 0.158 e. The second kappa shape index (κ2) is 8.95. The molecule has 0 aliphatic heterocycles. The van der Waals surface area contributed by atoms with Crippen molar-refractivity contribution < 1.29 is 4.74 Å². The van der Waals surface area contributed by atoms with Crippen molar-refractivity contribution in [3.8, 4) is 22.7 Å². The molecule has 168 valence electrons. The van der Waals surface area contributed by atoms with E-state index in [4.69, 9.17) is 15.1 Å². The van der Waals surface area contributed by atoms with E-state index in [0.29, 0.717) is 23.1 Å². The third kappa shape index (κ3) is 4.31. The average molecular weight is 444 g/mol. The zero-order valence-corrected chi connectivity index (χ0v) is 18.9. The highest BCUT2D eigenvalue weighted by atomic mass is 16.5. The summed E-state index contributed by atoms with van der Waals surface area (Å²) in [4.78, 5) is 13.5. The van der Waals surface area contributed by atoms with Crippen LogP contribution in [0.3, 0.4) is 0 Å². The first-order valence-electron chi connectivity index (χ1n) is 10.2. The van der Waals surface area contributed by atoms with Crippen LogP contribution in [0.15, 0.2) is 60.5 Å². The molecule has 0 saturated heterocycles. The Morgan fingerprint density at radius 2 is 2.12 bits per heavy atom. The summed E-state index contributed by atoms with van der Waals surface area (Å²) in [5.41, 5.74) is 5.77. The van der Waals surface area contributed by atoms with Crippen molar-refractivity contribution in [1.82, 2.24) is 34.6 Å². The van der Waals surface area contributed by atoms with E-state index in [9.17, 15) is 0 Å². The van der Waals surface area contributed by atoms with E-state index in [0.717, 1.165) is 40.1 Å². The highest BCUT2D eigenvalue weighted by Crippen LogP contribution is 2.29. The maximum Gasteiger partial charge on any atom is 0.158 e. The van der Waals surface area contributed by atoms with Crippen molar-refractivity contribution in [3.63, 3.8) is 0 Å². The third-order valence-corrected chi connectivity index (χ3v) is 5.17. The number of hydrogen-bond acceptors (Lipinski definition) is 6. The van der Waals surface area contributed by atoms with E-state index in [2.05, 4.69) is 32.1 Å². The maximum atomic E-state index is 7.55. The number of aliphatic imine (C=N–C) groups is 1. The molecule has 0 atom stereocenters. The van der Waals surface area contributed by atoms with Gasteiger partial charge in [0, 0.05) is 43.5 Å². The lowest BCUT2D eigenvalue weighted by Gasteiger charge is -2.13. The van der Waals surface area contributed by atoms with Crippen LogP contribution < -0.4 is 10.1 Å². The molecule has 0 bridgehead atoms. The predicted octanol–water partition coefficient (Wildman–Crippen LogP) is 3.45. The number of rotatable bonds is 7. The van der Waals surface area contributed by atoms with Crippen molar-refractivity contribution in [2.45, 2.75) is 13.8 Å². The van der Waals surface area contributed by atoms with Gasteiger partial charge in [-0.3, -0.25) is 5.10 Å². The number of pyridine rings is 1. The van der Waals surface area contributed by atoms with Gasteiger partial charge in [0.25, 0.3) is 0 Å². The van der Waals surface area contributed by atoms with Crippen molar-refractivity contribution in [1.29, 1.82) is 5.41 Å². The SMILES string of the molecule is C=C(C=N)NC(=Nc1cc(OC)c(-n2cnc(C)c2)cn1)c1c(C)c(-c2ccn[nH]2)cn1C. The number of aromatic nitrogens is 6. The van der Waals surface area contributed by atoms with E-state index in [1.54, 1.807) is 31.9 Å².